The fourth-order valence-electron chi connectivity index (χ4n) is 6.94. The first kappa shape index (κ1) is 21.5. The first-order valence-electron chi connectivity index (χ1n) is 12.7. The highest BCUT2D eigenvalue weighted by Crippen LogP contribution is 2.65. The van der Waals surface area contributed by atoms with E-state index in [-0.39, 0.29) is 60.1 Å². The van der Waals surface area contributed by atoms with Gasteiger partial charge < -0.3 is 9.64 Å². The maximum atomic E-state index is 13.4. The Labute approximate surface area is 208 Å². The number of anilines is 2. The van der Waals surface area contributed by atoms with Crippen molar-refractivity contribution in [2.24, 2.45) is 41.4 Å². The second-order valence-corrected chi connectivity index (χ2v) is 10.8. The van der Waals surface area contributed by atoms with E-state index in [0.717, 1.165) is 17.7 Å². The minimum absolute atomic E-state index is 0.0803. The first-order chi connectivity index (χ1) is 17.4. The van der Waals surface area contributed by atoms with Crippen LogP contribution in [0, 0.1) is 48.3 Å². The van der Waals surface area contributed by atoms with E-state index >= 15 is 0 Å². The van der Waals surface area contributed by atoms with Gasteiger partial charge in [0.15, 0.2) is 0 Å². The van der Waals surface area contributed by atoms with Crippen molar-refractivity contribution in [3.63, 3.8) is 0 Å². The Bertz CT molecular complexity index is 1310. The highest BCUT2D eigenvalue weighted by Gasteiger charge is 2.67. The van der Waals surface area contributed by atoms with Crippen molar-refractivity contribution in [3.8, 4) is 5.75 Å². The van der Waals surface area contributed by atoms with Crippen LogP contribution < -0.4 is 14.5 Å². The number of nitrogens with zero attached hydrogens (tertiary/aromatic N) is 2. The quantitative estimate of drug-likeness (QED) is 0.288. The smallest absolute Gasteiger partial charge is 0.316 e. The highest BCUT2D eigenvalue weighted by atomic mass is 16.5. The predicted molar refractivity (Wildman–Crippen MR) is 131 cm³/mol. The summed E-state index contributed by atoms with van der Waals surface area (Å²) in [7, 11) is 0. The van der Waals surface area contributed by atoms with Gasteiger partial charge in [0.25, 0.3) is 0 Å². The number of ether oxygens (including phenoxy) is 1. The Hall–Kier alpha value is -3.74. The zero-order chi connectivity index (χ0) is 24.7. The lowest BCUT2D eigenvalue weighted by atomic mass is 9.63. The molecule has 0 radical (unpaired) electrons. The number of benzene rings is 2. The Morgan fingerprint density at radius 3 is 2.22 bits per heavy atom. The molecule has 7 atom stereocenters. The second kappa shape index (κ2) is 7.63. The number of allylic oxidation sites excluding steroid dienone is 2. The van der Waals surface area contributed by atoms with Crippen LogP contribution in [0.5, 0.6) is 5.75 Å². The van der Waals surface area contributed by atoms with Crippen LogP contribution in [0.25, 0.3) is 0 Å². The number of aryl methyl sites for hydroxylation is 1. The van der Waals surface area contributed by atoms with Crippen LogP contribution in [-0.4, -0.2) is 30.2 Å². The molecule has 2 aromatic carbocycles. The summed E-state index contributed by atoms with van der Waals surface area (Å²) in [6, 6.07) is 14.2. The molecular formula is C29H26N2O5. The fraction of sp³-hybridized carbons (Fsp3) is 0.379. The average molecular weight is 483 g/mol. The van der Waals surface area contributed by atoms with Crippen molar-refractivity contribution in [1.82, 2.24) is 0 Å². The van der Waals surface area contributed by atoms with E-state index in [0.29, 0.717) is 17.5 Å². The van der Waals surface area contributed by atoms with Gasteiger partial charge in [0, 0.05) is 24.7 Å². The molecule has 0 N–H and O–H groups in total. The lowest BCUT2D eigenvalue weighted by molar-refractivity contribution is -0.139. The van der Waals surface area contributed by atoms with Crippen molar-refractivity contribution < 1.29 is 23.9 Å². The normalized spacial score (nSPS) is 33.7. The summed E-state index contributed by atoms with van der Waals surface area (Å²) >= 11 is 0. The van der Waals surface area contributed by atoms with Gasteiger partial charge in [-0.25, -0.2) is 4.90 Å². The summed E-state index contributed by atoms with van der Waals surface area (Å²) in [5.41, 5.74) is 2.29. The Morgan fingerprint density at radius 2 is 1.56 bits per heavy atom. The summed E-state index contributed by atoms with van der Waals surface area (Å²) in [5.74, 6) is -0.393. The van der Waals surface area contributed by atoms with Crippen LogP contribution in [0.1, 0.15) is 18.4 Å². The van der Waals surface area contributed by atoms with Gasteiger partial charge in [-0.1, -0.05) is 35.9 Å². The molecule has 8 rings (SSSR count). The molecule has 2 saturated heterocycles. The van der Waals surface area contributed by atoms with Crippen LogP contribution in [0.2, 0.25) is 0 Å². The van der Waals surface area contributed by atoms with Gasteiger partial charge in [-0.05, 0) is 61.3 Å². The first-order valence-corrected chi connectivity index (χ1v) is 12.7. The third-order valence-electron chi connectivity index (χ3n) is 8.76. The molecule has 2 aromatic rings. The van der Waals surface area contributed by atoms with E-state index in [1.807, 2.05) is 31.2 Å². The van der Waals surface area contributed by atoms with Crippen molar-refractivity contribution >= 4 is 35.1 Å². The SMILES string of the molecule is Cc1ccc(N2CC(C(=O)Oc3cccc(N4C(=O)C5C6C=CC(C7CC67)C5C4=O)c3)CC2=O)cc1. The van der Waals surface area contributed by atoms with Crippen molar-refractivity contribution in [1.29, 1.82) is 0 Å². The Balaban J connectivity index is 1.07. The van der Waals surface area contributed by atoms with E-state index in [9.17, 15) is 19.2 Å². The number of rotatable bonds is 4. The van der Waals surface area contributed by atoms with E-state index in [4.69, 9.17) is 4.74 Å². The molecule has 0 spiro atoms. The van der Waals surface area contributed by atoms with Gasteiger partial charge >= 0.3 is 5.97 Å². The van der Waals surface area contributed by atoms with Crippen LogP contribution in [0.3, 0.4) is 0 Å². The third kappa shape index (κ3) is 3.11. The molecule has 2 bridgehead atoms. The molecule has 2 saturated carbocycles. The topological polar surface area (TPSA) is 84.0 Å². The Kier molecular flexibility index (Phi) is 4.56. The van der Waals surface area contributed by atoms with Gasteiger partial charge in [-0.2, -0.15) is 0 Å². The molecule has 4 fully saturated rings. The van der Waals surface area contributed by atoms with Gasteiger partial charge in [0.1, 0.15) is 5.75 Å². The molecule has 182 valence electrons. The molecular weight excluding hydrogens is 456 g/mol. The molecule has 3 amide bonds. The number of carbonyl (C=O) groups excluding carboxylic acids is 4. The summed E-state index contributed by atoms with van der Waals surface area (Å²) < 4.78 is 5.64. The summed E-state index contributed by atoms with van der Waals surface area (Å²) in [5, 5.41) is 0. The van der Waals surface area contributed by atoms with Gasteiger partial charge in [-0.15, -0.1) is 0 Å². The van der Waals surface area contributed by atoms with Gasteiger partial charge in [0.05, 0.1) is 23.4 Å². The van der Waals surface area contributed by atoms with Crippen LogP contribution >= 0.6 is 0 Å². The molecule has 7 nitrogen and oxygen atoms in total. The van der Waals surface area contributed by atoms with Crippen LogP contribution in [-0.2, 0) is 19.2 Å². The van der Waals surface area contributed by atoms with E-state index in [2.05, 4.69) is 12.2 Å². The van der Waals surface area contributed by atoms with Crippen LogP contribution in [0.4, 0.5) is 11.4 Å². The average Bonchev–Trinajstić information content (AvgIpc) is 3.55. The lowest BCUT2D eigenvalue weighted by Crippen LogP contribution is -2.40. The lowest BCUT2D eigenvalue weighted by Gasteiger charge is -2.37. The Morgan fingerprint density at radius 1 is 0.889 bits per heavy atom. The van der Waals surface area contributed by atoms with Gasteiger partial charge in [0.2, 0.25) is 17.7 Å². The van der Waals surface area contributed by atoms with Gasteiger partial charge in [-0.3, -0.25) is 19.2 Å². The minimum atomic E-state index is -0.589. The number of hydrogen-bond donors (Lipinski definition) is 0. The van der Waals surface area contributed by atoms with Crippen molar-refractivity contribution in [2.75, 3.05) is 16.3 Å². The number of carbonyl (C=O) groups is 4. The monoisotopic (exact) mass is 482 g/mol. The standard InChI is InChI=1S/C29H26N2O5/c1-15-5-7-17(8-6-15)30-14-16(11-24(30)32)29(35)36-19-4-2-3-18(12-19)31-27(33)25-20-9-10-21(23-13-22(20)23)26(25)28(31)34/h2-10,12,16,20-23,25-26H,11,13-14H2,1H3. The molecule has 4 aliphatic carbocycles. The van der Waals surface area contributed by atoms with E-state index < -0.39 is 11.9 Å². The molecule has 6 aliphatic rings. The molecule has 36 heavy (non-hydrogen) atoms. The molecule has 2 heterocycles. The van der Waals surface area contributed by atoms with Crippen LogP contribution in [0.15, 0.2) is 60.7 Å². The summed E-state index contributed by atoms with van der Waals surface area (Å²) in [6.07, 6.45) is 5.49. The zero-order valence-electron chi connectivity index (χ0n) is 19.9. The highest BCUT2D eigenvalue weighted by molar-refractivity contribution is 6.22. The largest absolute Gasteiger partial charge is 0.426 e. The van der Waals surface area contributed by atoms with Crippen molar-refractivity contribution in [3.05, 3.63) is 66.2 Å². The molecule has 2 aliphatic heterocycles. The third-order valence-corrected chi connectivity index (χ3v) is 8.76. The van der Waals surface area contributed by atoms with E-state index in [1.165, 1.54) is 4.90 Å². The van der Waals surface area contributed by atoms with Crippen molar-refractivity contribution in [2.45, 2.75) is 19.8 Å². The second-order valence-electron chi connectivity index (χ2n) is 10.8. The number of imide groups is 1. The zero-order valence-corrected chi connectivity index (χ0v) is 19.9. The fourth-order valence-corrected chi connectivity index (χ4v) is 6.94. The predicted octanol–water partition coefficient (Wildman–Crippen LogP) is 3.51. The summed E-state index contributed by atoms with van der Waals surface area (Å²) in [4.78, 5) is 55.2. The minimum Gasteiger partial charge on any atom is -0.426 e. The molecule has 7 unspecified atom stereocenters. The molecule has 7 heteroatoms. The maximum Gasteiger partial charge on any atom is 0.316 e. The summed E-state index contributed by atoms with van der Waals surface area (Å²) in [6.45, 7) is 2.23. The number of hydrogen-bond acceptors (Lipinski definition) is 5. The maximum absolute atomic E-state index is 13.4. The number of esters is 1. The molecule has 0 aromatic heterocycles. The van der Waals surface area contributed by atoms with E-state index in [1.54, 1.807) is 29.2 Å². The number of amides is 3.